The van der Waals surface area contributed by atoms with Crippen LogP contribution in [-0.4, -0.2) is 24.8 Å². The molecule has 0 saturated heterocycles. The highest BCUT2D eigenvalue weighted by Crippen LogP contribution is 2.14. The number of hydrogen-bond donors (Lipinski definition) is 0. The van der Waals surface area contributed by atoms with Gasteiger partial charge in [0.2, 0.25) is 0 Å². The van der Waals surface area contributed by atoms with Crippen molar-refractivity contribution in [3.63, 3.8) is 0 Å². The fraction of sp³-hybridized carbons (Fsp3) is 0.263. The molecule has 0 saturated carbocycles. The summed E-state index contributed by atoms with van der Waals surface area (Å²) in [7, 11) is 0. The molecule has 132 valence electrons. The molecule has 0 aliphatic carbocycles. The number of hydrogen-bond acceptors (Lipinski definition) is 5. The Bertz CT molecular complexity index is 685. The number of benzene rings is 2. The zero-order chi connectivity index (χ0) is 18.1. The number of esters is 1. The van der Waals surface area contributed by atoms with Gasteiger partial charge < -0.3 is 14.2 Å². The molecule has 2 aromatic carbocycles. The van der Waals surface area contributed by atoms with Gasteiger partial charge >= 0.3 is 12.1 Å². The molecule has 0 heterocycles. The Balaban J connectivity index is 1.86. The first-order chi connectivity index (χ1) is 12.1. The van der Waals surface area contributed by atoms with Gasteiger partial charge in [-0.05, 0) is 42.8 Å². The minimum absolute atomic E-state index is 0.0706. The van der Waals surface area contributed by atoms with Crippen LogP contribution in [0.4, 0.5) is 4.79 Å². The molecule has 1 atom stereocenters. The van der Waals surface area contributed by atoms with Crippen LogP contribution >= 0.6 is 11.6 Å². The number of carbonyl (C=O) groups excluding carboxylic acids is 2. The van der Waals surface area contributed by atoms with E-state index >= 15 is 0 Å². The molecule has 0 spiro atoms. The Hall–Kier alpha value is -2.53. The lowest BCUT2D eigenvalue weighted by molar-refractivity contribution is 0.000123. The van der Waals surface area contributed by atoms with E-state index in [-0.39, 0.29) is 6.61 Å². The van der Waals surface area contributed by atoms with Gasteiger partial charge in [0.1, 0.15) is 18.5 Å². The summed E-state index contributed by atoms with van der Waals surface area (Å²) < 4.78 is 15.5. The Morgan fingerprint density at radius 2 is 1.72 bits per heavy atom. The van der Waals surface area contributed by atoms with E-state index in [1.807, 2.05) is 13.0 Å². The molecule has 1 unspecified atom stereocenters. The second-order valence-corrected chi connectivity index (χ2v) is 5.74. The smallest absolute Gasteiger partial charge is 0.455 e. The highest BCUT2D eigenvalue weighted by atomic mass is 35.5. The van der Waals surface area contributed by atoms with Crippen LogP contribution in [0.3, 0.4) is 0 Å². The second kappa shape index (κ2) is 9.69. The third-order valence-electron chi connectivity index (χ3n) is 3.30. The quantitative estimate of drug-likeness (QED) is 0.518. The Morgan fingerprint density at radius 3 is 2.36 bits per heavy atom. The average molecular weight is 363 g/mol. The lowest BCUT2D eigenvalue weighted by Crippen LogP contribution is -2.26. The van der Waals surface area contributed by atoms with Crippen LogP contribution in [-0.2, 0) is 9.47 Å². The van der Waals surface area contributed by atoms with Crippen LogP contribution in [0.5, 0.6) is 5.75 Å². The average Bonchev–Trinajstić information content (AvgIpc) is 2.61. The van der Waals surface area contributed by atoms with Crippen molar-refractivity contribution in [2.75, 3.05) is 6.61 Å². The van der Waals surface area contributed by atoms with Crippen LogP contribution in [0.1, 0.15) is 30.1 Å². The van der Waals surface area contributed by atoms with Crippen molar-refractivity contribution in [2.45, 2.75) is 25.9 Å². The van der Waals surface area contributed by atoms with E-state index in [0.717, 1.165) is 6.42 Å². The minimum Gasteiger partial charge on any atom is -0.455 e. The van der Waals surface area contributed by atoms with Crippen LogP contribution in [0, 0.1) is 0 Å². The van der Waals surface area contributed by atoms with Gasteiger partial charge in [-0.1, -0.05) is 43.1 Å². The molecule has 0 aliphatic rings. The Labute approximate surface area is 151 Å². The van der Waals surface area contributed by atoms with Crippen molar-refractivity contribution < 1.29 is 23.8 Å². The lowest BCUT2D eigenvalue weighted by atomic mass is 10.2. The fourth-order valence-electron chi connectivity index (χ4n) is 2.08. The molecule has 2 rings (SSSR count). The Kier molecular flexibility index (Phi) is 7.29. The summed E-state index contributed by atoms with van der Waals surface area (Å²) in [6.45, 7) is 1.88. The van der Waals surface area contributed by atoms with E-state index in [9.17, 15) is 9.59 Å². The van der Waals surface area contributed by atoms with Crippen LogP contribution in [0.25, 0.3) is 0 Å². The largest absolute Gasteiger partial charge is 0.513 e. The number of ether oxygens (including phenoxy) is 3. The highest BCUT2D eigenvalue weighted by molar-refractivity contribution is 6.30. The molecule has 25 heavy (non-hydrogen) atoms. The molecule has 0 bridgehead atoms. The van der Waals surface area contributed by atoms with E-state index in [1.54, 1.807) is 48.5 Å². The summed E-state index contributed by atoms with van der Waals surface area (Å²) in [5, 5.41) is 0.536. The van der Waals surface area contributed by atoms with Gasteiger partial charge in [0.15, 0.2) is 0 Å². The molecule has 0 amide bonds. The van der Waals surface area contributed by atoms with E-state index in [2.05, 4.69) is 0 Å². The maximum atomic E-state index is 12.1. The predicted molar refractivity (Wildman–Crippen MR) is 94.0 cm³/mol. The van der Waals surface area contributed by atoms with Crippen molar-refractivity contribution in [2.24, 2.45) is 0 Å². The van der Waals surface area contributed by atoms with Crippen molar-refractivity contribution in [3.8, 4) is 5.75 Å². The van der Waals surface area contributed by atoms with Crippen molar-refractivity contribution >= 4 is 23.7 Å². The number of carbonyl (C=O) groups is 2. The van der Waals surface area contributed by atoms with Gasteiger partial charge in [0, 0.05) is 5.02 Å². The first-order valence-electron chi connectivity index (χ1n) is 7.94. The molecule has 0 radical (unpaired) electrons. The predicted octanol–water partition coefficient (Wildman–Crippen LogP) is 4.88. The van der Waals surface area contributed by atoms with E-state index in [0.29, 0.717) is 22.8 Å². The number of rotatable bonds is 7. The van der Waals surface area contributed by atoms with Gasteiger partial charge in [-0.25, -0.2) is 9.59 Å². The van der Waals surface area contributed by atoms with E-state index in [1.165, 1.54) is 0 Å². The topological polar surface area (TPSA) is 61.8 Å². The summed E-state index contributed by atoms with van der Waals surface area (Å²) in [5.41, 5.74) is 0.386. The minimum atomic E-state index is -0.838. The summed E-state index contributed by atoms with van der Waals surface area (Å²) in [6.07, 6.45) is -0.0421. The maximum absolute atomic E-state index is 12.1. The SMILES string of the molecule is CCCC(COC(=O)Oc1ccccc1)OC(=O)c1ccc(Cl)cc1. The standard InChI is InChI=1S/C19H19ClO5/c1-2-6-17(24-18(21)14-9-11-15(20)12-10-14)13-23-19(22)25-16-7-4-3-5-8-16/h3-5,7-12,17H,2,6,13H2,1H3. The second-order valence-electron chi connectivity index (χ2n) is 5.30. The molecule has 0 aromatic heterocycles. The lowest BCUT2D eigenvalue weighted by Gasteiger charge is -2.17. The molecule has 2 aromatic rings. The Morgan fingerprint density at radius 1 is 1.04 bits per heavy atom. The molecule has 6 heteroatoms. The van der Waals surface area contributed by atoms with Crippen molar-refractivity contribution in [1.82, 2.24) is 0 Å². The summed E-state index contributed by atoms with van der Waals surface area (Å²) in [6, 6.07) is 15.0. The van der Waals surface area contributed by atoms with Crippen molar-refractivity contribution in [3.05, 3.63) is 65.2 Å². The molecule has 0 aliphatic heterocycles. The van der Waals surface area contributed by atoms with Crippen LogP contribution < -0.4 is 4.74 Å². The van der Waals surface area contributed by atoms with Crippen molar-refractivity contribution in [1.29, 1.82) is 0 Å². The molecule has 5 nitrogen and oxygen atoms in total. The molecular weight excluding hydrogens is 344 g/mol. The highest BCUT2D eigenvalue weighted by Gasteiger charge is 2.18. The molecule has 0 fully saturated rings. The monoisotopic (exact) mass is 362 g/mol. The number of halogens is 1. The summed E-state index contributed by atoms with van der Waals surface area (Å²) in [5.74, 6) is -0.104. The van der Waals surface area contributed by atoms with Crippen LogP contribution in [0.2, 0.25) is 5.02 Å². The molecular formula is C19H19ClO5. The first-order valence-corrected chi connectivity index (χ1v) is 8.32. The maximum Gasteiger partial charge on any atom is 0.513 e. The van der Waals surface area contributed by atoms with Gasteiger partial charge in [0.05, 0.1) is 5.56 Å². The van der Waals surface area contributed by atoms with Gasteiger partial charge in [-0.2, -0.15) is 0 Å². The van der Waals surface area contributed by atoms with Crippen LogP contribution in [0.15, 0.2) is 54.6 Å². The zero-order valence-corrected chi connectivity index (χ0v) is 14.6. The van der Waals surface area contributed by atoms with E-state index < -0.39 is 18.2 Å². The van der Waals surface area contributed by atoms with E-state index in [4.69, 9.17) is 25.8 Å². The fourth-order valence-corrected chi connectivity index (χ4v) is 2.20. The number of para-hydroxylation sites is 1. The van der Waals surface area contributed by atoms with Gasteiger partial charge in [-0.3, -0.25) is 0 Å². The molecule has 0 N–H and O–H groups in total. The normalized spacial score (nSPS) is 11.4. The third-order valence-corrected chi connectivity index (χ3v) is 3.55. The summed E-state index contributed by atoms with van der Waals surface area (Å²) >= 11 is 5.80. The van der Waals surface area contributed by atoms with Gasteiger partial charge in [-0.15, -0.1) is 0 Å². The first kappa shape index (κ1) is 18.8. The van der Waals surface area contributed by atoms with Gasteiger partial charge in [0.25, 0.3) is 0 Å². The third kappa shape index (κ3) is 6.47. The zero-order valence-electron chi connectivity index (χ0n) is 13.8. The summed E-state index contributed by atoms with van der Waals surface area (Å²) in [4.78, 5) is 23.9.